The molecule has 3 rings (SSSR count). The minimum atomic E-state index is -0.729. The summed E-state index contributed by atoms with van der Waals surface area (Å²) in [6, 6.07) is 9.21. The molecule has 2 aromatic heterocycles. The Kier molecular flexibility index (Phi) is 4.71. The highest BCUT2D eigenvalue weighted by atomic mass is 16.4. The summed E-state index contributed by atoms with van der Waals surface area (Å²) in [6.07, 6.45) is 3.06. The van der Waals surface area contributed by atoms with E-state index in [1.54, 1.807) is 18.4 Å². The third-order valence-electron chi connectivity index (χ3n) is 4.02. The van der Waals surface area contributed by atoms with Crippen molar-refractivity contribution < 1.29 is 18.7 Å². The van der Waals surface area contributed by atoms with Gasteiger partial charge in [0.05, 0.1) is 18.9 Å². The van der Waals surface area contributed by atoms with Gasteiger partial charge in [0, 0.05) is 23.4 Å². The molecule has 0 spiro atoms. The van der Waals surface area contributed by atoms with Crippen molar-refractivity contribution in [3.63, 3.8) is 0 Å². The molecule has 24 heavy (non-hydrogen) atoms. The summed E-state index contributed by atoms with van der Waals surface area (Å²) in [5, 5.41) is 13.9. The zero-order valence-electron chi connectivity index (χ0n) is 13.8. The molecule has 2 unspecified atom stereocenters. The number of hydrogen-bond acceptors (Lipinski definition) is 4. The molecule has 0 fully saturated rings. The van der Waals surface area contributed by atoms with Crippen LogP contribution in [0.5, 0.6) is 0 Å². The summed E-state index contributed by atoms with van der Waals surface area (Å²) in [6.45, 7) is 3.86. The van der Waals surface area contributed by atoms with Crippen LogP contribution in [0.1, 0.15) is 36.3 Å². The quantitative estimate of drug-likeness (QED) is 0.726. The predicted molar refractivity (Wildman–Crippen MR) is 90.5 cm³/mol. The molecule has 2 heterocycles. The first-order valence-corrected chi connectivity index (χ1v) is 8.00. The van der Waals surface area contributed by atoms with Gasteiger partial charge in [-0.15, -0.1) is 0 Å². The van der Waals surface area contributed by atoms with Crippen LogP contribution in [0.4, 0.5) is 0 Å². The van der Waals surface area contributed by atoms with Crippen molar-refractivity contribution in [1.82, 2.24) is 5.32 Å². The van der Waals surface area contributed by atoms with Crippen LogP contribution in [0, 0.1) is 6.92 Å². The third-order valence-corrected chi connectivity index (χ3v) is 4.02. The lowest BCUT2D eigenvalue weighted by Gasteiger charge is -2.16. The zero-order chi connectivity index (χ0) is 17.1. The fourth-order valence-electron chi connectivity index (χ4n) is 2.82. The van der Waals surface area contributed by atoms with Crippen molar-refractivity contribution in [3.8, 4) is 0 Å². The first-order chi connectivity index (χ1) is 11.5. The van der Waals surface area contributed by atoms with Gasteiger partial charge in [-0.2, -0.15) is 0 Å². The highest BCUT2D eigenvalue weighted by Gasteiger charge is 2.17. The Balaban J connectivity index is 1.58. The van der Waals surface area contributed by atoms with Crippen molar-refractivity contribution in [2.75, 3.05) is 0 Å². The van der Waals surface area contributed by atoms with Gasteiger partial charge < -0.3 is 19.3 Å². The Morgan fingerprint density at radius 1 is 1.29 bits per heavy atom. The molecule has 5 heteroatoms. The number of amides is 1. The number of hydrogen-bond donors (Lipinski definition) is 2. The van der Waals surface area contributed by atoms with Crippen molar-refractivity contribution in [3.05, 3.63) is 59.7 Å². The standard InChI is InChI=1S/C19H21NO4/c1-12-5-6-15-14(11-24-18(15)8-12)10-19(22)20-13(2)9-16(21)17-4-3-7-23-17/h3-8,11,13,16,21H,9-10H2,1-2H3,(H,20,22). The second-order valence-corrected chi connectivity index (χ2v) is 6.17. The largest absolute Gasteiger partial charge is 0.467 e. The smallest absolute Gasteiger partial charge is 0.224 e. The minimum Gasteiger partial charge on any atom is -0.467 e. The minimum absolute atomic E-state index is 0.0996. The second kappa shape index (κ2) is 6.93. The van der Waals surface area contributed by atoms with Crippen molar-refractivity contribution in [2.45, 2.75) is 38.8 Å². The van der Waals surface area contributed by atoms with E-state index >= 15 is 0 Å². The number of carbonyl (C=O) groups excluding carboxylic acids is 1. The van der Waals surface area contributed by atoms with Gasteiger partial charge in [-0.3, -0.25) is 4.79 Å². The Hall–Kier alpha value is -2.53. The van der Waals surface area contributed by atoms with E-state index in [1.807, 2.05) is 32.0 Å². The first-order valence-electron chi connectivity index (χ1n) is 8.00. The molecule has 0 saturated heterocycles. The summed E-state index contributed by atoms with van der Waals surface area (Å²) in [4.78, 5) is 12.2. The molecule has 5 nitrogen and oxygen atoms in total. The lowest BCUT2D eigenvalue weighted by Crippen LogP contribution is -2.34. The molecule has 0 bridgehead atoms. The topological polar surface area (TPSA) is 75.6 Å². The van der Waals surface area contributed by atoms with Gasteiger partial charge in [0.15, 0.2) is 0 Å². The fraction of sp³-hybridized carbons (Fsp3) is 0.316. The highest BCUT2D eigenvalue weighted by Crippen LogP contribution is 2.23. The molecule has 0 aliphatic rings. The number of aryl methyl sites for hydroxylation is 1. The van der Waals surface area contributed by atoms with Gasteiger partial charge in [0.2, 0.25) is 5.91 Å². The summed E-state index contributed by atoms with van der Waals surface area (Å²) in [5.74, 6) is 0.407. The monoisotopic (exact) mass is 327 g/mol. The fourth-order valence-corrected chi connectivity index (χ4v) is 2.82. The molecule has 1 amide bonds. The van der Waals surface area contributed by atoms with E-state index in [4.69, 9.17) is 8.83 Å². The van der Waals surface area contributed by atoms with Crippen LogP contribution in [-0.4, -0.2) is 17.1 Å². The van der Waals surface area contributed by atoms with Gasteiger partial charge in [-0.1, -0.05) is 12.1 Å². The number of rotatable bonds is 6. The van der Waals surface area contributed by atoms with E-state index in [0.29, 0.717) is 12.2 Å². The van der Waals surface area contributed by atoms with Crippen LogP contribution in [0.2, 0.25) is 0 Å². The average molecular weight is 327 g/mol. The van der Waals surface area contributed by atoms with Crippen LogP contribution in [0.15, 0.2) is 51.7 Å². The number of aliphatic hydroxyl groups is 1. The van der Waals surface area contributed by atoms with Gasteiger partial charge in [0.1, 0.15) is 17.4 Å². The highest BCUT2D eigenvalue weighted by molar-refractivity contribution is 5.88. The van der Waals surface area contributed by atoms with E-state index in [2.05, 4.69) is 5.32 Å². The lowest BCUT2D eigenvalue weighted by atomic mass is 10.1. The van der Waals surface area contributed by atoms with Crippen molar-refractivity contribution in [2.24, 2.45) is 0 Å². The van der Waals surface area contributed by atoms with E-state index in [9.17, 15) is 9.90 Å². The summed E-state index contributed by atoms with van der Waals surface area (Å²) >= 11 is 0. The van der Waals surface area contributed by atoms with Crippen molar-refractivity contribution in [1.29, 1.82) is 0 Å². The lowest BCUT2D eigenvalue weighted by molar-refractivity contribution is -0.121. The molecule has 2 atom stereocenters. The Morgan fingerprint density at radius 2 is 2.12 bits per heavy atom. The molecule has 1 aromatic carbocycles. The van der Waals surface area contributed by atoms with Gasteiger partial charge in [0.25, 0.3) is 0 Å². The normalized spacial score (nSPS) is 13.8. The molecular formula is C19H21NO4. The van der Waals surface area contributed by atoms with E-state index in [1.165, 1.54) is 6.26 Å². The second-order valence-electron chi connectivity index (χ2n) is 6.17. The first kappa shape index (κ1) is 16.3. The van der Waals surface area contributed by atoms with Crippen LogP contribution >= 0.6 is 0 Å². The third kappa shape index (κ3) is 3.68. The zero-order valence-corrected chi connectivity index (χ0v) is 13.8. The Morgan fingerprint density at radius 3 is 2.88 bits per heavy atom. The number of benzene rings is 1. The van der Waals surface area contributed by atoms with Gasteiger partial charge in [-0.25, -0.2) is 0 Å². The van der Waals surface area contributed by atoms with Gasteiger partial charge in [-0.05, 0) is 37.6 Å². The van der Waals surface area contributed by atoms with Crippen LogP contribution in [0.3, 0.4) is 0 Å². The summed E-state index contributed by atoms with van der Waals surface area (Å²) < 4.78 is 10.7. The molecule has 0 radical (unpaired) electrons. The van der Waals surface area contributed by atoms with Crippen LogP contribution in [-0.2, 0) is 11.2 Å². The van der Waals surface area contributed by atoms with Crippen molar-refractivity contribution >= 4 is 16.9 Å². The van der Waals surface area contributed by atoms with Crippen LogP contribution in [0.25, 0.3) is 11.0 Å². The maximum absolute atomic E-state index is 12.2. The van der Waals surface area contributed by atoms with E-state index < -0.39 is 6.10 Å². The Labute approximate surface area is 140 Å². The molecule has 0 aliphatic heterocycles. The average Bonchev–Trinajstić information content (AvgIpc) is 3.17. The molecule has 0 saturated carbocycles. The number of fused-ring (bicyclic) bond motifs is 1. The van der Waals surface area contributed by atoms with E-state index in [0.717, 1.165) is 22.1 Å². The molecule has 3 aromatic rings. The molecule has 2 N–H and O–H groups in total. The molecule has 0 aliphatic carbocycles. The maximum atomic E-state index is 12.2. The maximum Gasteiger partial charge on any atom is 0.224 e. The summed E-state index contributed by atoms with van der Waals surface area (Å²) in [7, 11) is 0. The molecular weight excluding hydrogens is 306 g/mol. The summed E-state index contributed by atoms with van der Waals surface area (Å²) in [5.41, 5.74) is 2.77. The number of nitrogens with one attached hydrogen (secondary N) is 1. The predicted octanol–water partition coefficient (Wildman–Crippen LogP) is 3.51. The number of furan rings is 2. The van der Waals surface area contributed by atoms with Gasteiger partial charge >= 0.3 is 0 Å². The van der Waals surface area contributed by atoms with E-state index in [-0.39, 0.29) is 18.4 Å². The Bertz CT molecular complexity index is 819. The van der Waals surface area contributed by atoms with Crippen LogP contribution < -0.4 is 5.32 Å². The number of carbonyl (C=O) groups is 1. The number of aliphatic hydroxyl groups excluding tert-OH is 1. The SMILES string of the molecule is Cc1ccc2c(CC(=O)NC(C)CC(O)c3ccco3)coc2c1. The molecule has 126 valence electrons.